The summed E-state index contributed by atoms with van der Waals surface area (Å²) in [6, 6.07) is 16.5. The summed E-state index contributed by atoms with van der Waals surface area (Å²) in [5.74, 6) is 0.560. The summed E-state index contributed by atoms with van der Waals surface area (Å²) >= 11 is 0. The molecular weight excluding hydrogens is 220 g/mol. The van der Waals surface area contributed by atoms with Crippen molar-refractivity contribution in [3.8, 4) is 0 Å². The van der Waals surface area contributed by atoms with E-state index in [9.17, 15) is 0 Å². The van der Waals surface area contributed by atoms with Crippen LogP contribution in [-0.2, 0) is 6.42 Å². The smallest absolute Gasteiger partial charge is 0.0550 e. The van der Waals surface area contributed by atoms with E-state index in [4.69, 9.17) is 11.5 Å². The van der Waals surface area contributed by atoms with Gasteiger partial charge < -0.3 is 11.5 Å². The van der Waals surface area contributed by atoms with E-state index in [2.05, 4.69) is 43.3 Å². The van der Waals surface area contributed by atoms with Crippen LogP contribution in [0, 0.1) is 0 Å². The highest BCUT2D eigenvalue weighted by molar-refractivity contribution is 5.63. The Kier molecular flexibility index (Phi) is 3.88. The Hall–Kier alpha value is -1.96. The molecule has 0 aliphatic carbocycles. The quantitative estimate of drug-likeness (QED) is 0.802. The van der Waals surface area contributed by atoms with Crippen LogP contribution < -0.4 is 11.5 Å². The average molecular weight is 240 g/mol. The first-order valence-electron chi connectivity index (χ1n) is 6.35. The lowest BCUT2D eigenvalue weighted by molar-refractivity contribution is 0.680. The average Bonchev–Trinajstić information content (AvgIpc) is 2.41. The number of aryl methyl sites for hydroxylation is 1. The number of hydrogen-bond donors (Lipinski definition) is 2. The molecule has 0 saturated carbocycles. The monoisotopic (exact) mass is 240 g/mol. The minimum atomic E-state index is 0.560. The lowest BCUT2D eigenvalue weighted by Gasteiger charge is -2.12. The van der Waals surface area contributed by atoms with Crippen molar-refractivity contribution < 1.29 is 0 Å². The van der Waals surface area contributed by atoms with Crippen LogP contribution in [0.5, 0.6) is 0 Å². The van der Waals surface area contributed by atoms with Gasteiger partial charge in [0.1, 0.15) is 0 Å². The van der Waals surface area contributed by atoms with E-state index in [0.29, 0.717) is 17.3 Å². The Labute approximate surface area is 109 Å². The number of hydrogen-bond acceptors (Lipinski definition) is 2. The molecule has 1 unspecified atom stereocenters. The molecule has 0 fully saturated rings. The second kappa shape index (κ2) is 5.58. The minimum Gasteiger partial charge on any atom is -0.397 e. The molecule has 18 heavy (non-hydrogen) atoms. The molecule has 0 saturated heterocycles. The van der Waals surface area contributed by atoms with Gasteiger partial charge in [-0.1, -0.05) is 43.3 Å². The number of rotatable bonds is 4. The van der Waals surface area contributed by atoms with Gasteiger partial charge in [-0.15, -0.1) is 0 Å². The van der Waals surface area contributed by atoms with Crippen LogP contribution in [-0.4, -0.2) is 0 Å². The van der Waals surface area contributed by atoms with Gasteiger partial charge in [0.25, 0.3) is 0 Å². The molecule has 0 spiro atoms. The Morgan fingerprint density at radius 2 is 1.67 bits per heavy atom. The van der Waals surface area contributed by atoms with E-state index < -0.39 is 0 Å². The Balaban J connectivity index is 1.97. The second-order valence-corrected chi connectivity index (χ2v) is 4.81. The lowest BCUT2D eigenvalue weighted by atomic mass is 9.94. The predicted molar refractivity (Wildman–Crippen MR) is 78.4 cm³/mol. The van der Waals surface area contributed by atoms with Gasteiger partial charge in [0.2, 0.25) is 0 Å². The lowest BCUT2D eigenvalue weighted by Crippen LogP contribution is -1.99. The molecule has 0 radical (unpaired) electrons. The fourth-order valence-electron chi connectivity index (χ4n) is 2.11. The van der Waals surface area contributed by atoms with Crippen LogP contribution in [0.3, 0.4) is 0 Å². The summed E-state index contributed by atoms with van der Waals surface area (Å²) in [6.45, 7) is 2.26. The Morgan fingerprint density at radius 3 is 2.33 bits per heavy atom. The largest absolute Gasteiger partial charge is 0.397 e. The zero-order chi connectivity index (χ0) is 13.0. The van der Waals surface area contributed by atoms with Gasteiger partial charge in [-0.25, -0.2) is 0 Å². The Bertz CT molecular complexity index is 506. The summed E-state index contributed by atoms with van der Waals surface area (Å²) in [5.41, 5.74) is 15.5. The molecule has 4 N–H and O–H groups in total. The van der Waals surface area contributed by atoms with E-state index >= 15 is 0 Å². The molecule has 94 valence electrons. The summed E-state index contributed by atoms with van der Waals surface area (Å²) in [7, 11) is 0. The van der Waals surface area contributed by atoms with Crippen molar-refractivity contribution in [1.29, 1.82) is 0 Å². The van der Waals surface area contributed by atoms with Crippen LogP contribution in [0.4, 0.5) is 11.4 Å². The van der Waals surface area contributed by atoms with Crippen molar-refractivity contribution in [3.05, 3.63) is 59.7 Å². The van der Waals surface area contributed by atoms with Gasteiger partial charge in [-0.05, 0) is 42.0 Å². The van der Waals surface area contributed by atoms with Crippen LogP contribution in [0.2, 0.25) is 0 Å². The van der Waals surface area contributed by atoms with Crippen molar-refractivity contribution in [3.63, 3.8) is 0 Å². The number of nitrogen functional groups attached to an aromatic ring is 2. The normalized spacial score (nSPS) is 12.3. The Morgan fingerprint density at radius 1 is 0.944 bits per heavy atom. The first-order valence-corrected chi connectivity index (χ1v) is 6.35. The topological polar surface area (TPSA) is 52.0 Å². The third kappa shape index (κ3) is 3.04. The second-order valence-electron chi connectivity index (χ2n) is 4.81. The molecule has 0 aliphatic heterocycles. The van der Waals surface area contributed by atoms with E-state index in [1.807, 2.05) is 12.1 Å². The molecule has 0 aromatic heterocycles. The molecule has 1 atom stereocenters. The molecule has 2 aromatic rings. The number of nitrogens with two attached hydrogens (primary N) is 2. The third-order valence-electron chi connectivity index (χ3n) is 3.39. The third-order valence-corrected chi connectivity index (χ3v) is 3.39. The van der Waals surface area contributed by atoms with Crippen LogP contribution in [0.1, 0.15) is 30.4 Å². The van der Waals surface area contributed by atoms with E-state index in [1.165, 1.54) is 11.1 Å². The van der Waals surface area contributed by atoms with Crippen LogP contribution >= 0.6 is 0 Å². The zero-order valence-corrected chi connectivity index (χ0v) is 10.8. The first-order chi connectivity index (χ1) is 8.66. The molecule has 0 amide bonds. The number of benzene rings is 2. The molecule has 0 heterocycles. The fraction of sp³-hybridized carbons (Fsp3) is 0.250. The maximum absolute atomic E-state index is 5.81. The number of anilines is 2. The molecule has 0 aliphatic rings. The van der Waals surface area contributed by atoms with E-state index in [0.717, 1.165) is 12.8 Å². The van der Waals surface area contributed by atoms with Crippen molar-refractivity contribution in [2.24, 2.45) is 0 Å². The van der Waals surface area contributed by atoms with E-state index in [-0.39, 0.29) is 0 Å². The van der Waals surface area contributed by atoms with E-state index in [1.54, 1.807) is 0 Å². The highest BCUT2D eigenvalue weighted by atomic mass is 14.7. The maximum atomic E-state index is 5.81. The van der Waals surface area contributed by atoms with Gasteiger partial charge in [0, 0.05) is 0 Å². The molecule has 2 aromatic carbocycles. The van der Waals surface area contributed by atoms with Gasteiger partial charge in [-0.3, -0.25) is 0 Å². The summed E-state index contributed by atoms with van der Waals surface area (Å²) in [4.78, 5) is 0. The highest BCUT2D eigenvalue weighted by Gasteiger charge is 2.05. The van der Waals surface area contributed by atoms with Crippen LogP contribution in [0.15, 0.2) is 48.5 Å². The van der Waals surface area contributed by atoms with Crippen molar-refractivity contribution in [1.82, 2.24) is 0 Å². The predicted octanol–water partition coefficient (Wildman–Crippen LogP) is 3.59. The molecule has 2 heteroatoms. The molecule has 0 bridgehead atoms. The first kappa shape index (κ1) is 12.5. The molecule has 2 rings (SSSR count). The standard InChI is InChI=1S/C16H20N2/c1-12(14-5-3-2-4-6-14)7-8-13-9-10-15(17)16(18)11-13/h2-6,9-12H,7-8,17-18H2,1H3. The SMILES string of the molecule is CC(CCc1ccc(N)c(N)c1)c1ccccc1. The highest BCUT2D eigenvalue weighted by Crippen LogP contribution is 2.23. The molecular formula is C16H20N2. The zero-order valence-electron chi connectivity index (χ0n) is 10.8. The van der Waals surface area contributed by atoms with Gasteiger partial charge >= 0.3 is 0 Å². The van der Waals surface area contributed by atoms with Crippen molar-refractivity contribution >= 4 is 11.4 Å². The van der Waals surface area contributed by atoms with Gasteiger partial charge in [-0.2, -0.15) is 0 Å². The molecule has 2 nitrogen and oxygen atoms in total. The summed E-state index contributed by atoms with van der Waals surface area (Å²) in [5, 5.41) is 0. The van der Waals surface area contributed by atoms with Crippen molar-refractivity contribution in [2.45, 2.75) is 25.7 Å². The van der Waals surface area contributed by atoms with Gasteiger partial charge in [0.05, 0.1) is 11.4 Å². The fourth-order valence-corrected chi connectivity index (χ4v) is 2.11. The minimum absolute atomic E-state index is 0.560. The van der Waals surface area contributed by atoms with Gasteiger partial charge in [0.15, 0.2) is 0 Å². The van der Waals surface area contributed by atoms with Crippen molar-refractivity contribution in [2.75, 3.05) is 11.5 Å². The summed E-state index contributed by atoms with van der Waals surface area (Å²) in [6.07, 6.45) is 2.15. The summed E-state index contributed by atoms with van der Waals surface area (Å²) < 4.78 is 0. The maximum Gasteiger partial charge on any atom is 0.0550 e. The van der Waals surface area contributed by atoms with Crippen LogP contribution in [0.25, 0.3) is 0 Å².